The first-order valence-electron chi connectivity index (χ1n) is 5.64. The topological polar surface area (TPSA) is 15.3 Å². The van der Waals surface area contributed by atoms with Crippen LogP contribution >= 0.6 is 11.6 Å². The lowest BCUT2D eigenvalue weighted by Gasteiger charge is -2.20. The Morgan fingerprint density at radius 3 is 3.06 bits per heavy atom. The molecular formula is C12H16ClFN2. The summed E-state index contributed by atoms with van der Waals surface area (Å²) in [4.78, 5) is 2.20. The number of nitrogens with zero attached hydrogens (tertiary/aromatic N) is 1. The summed E-state index contributed by atoms with van der Waals surface area (Å²) in [5.41, 5.74) is 0.934. The van der Waals surface area contributed by atoms with Crippen LogP contribution in [0.1, 0.15) is 13.3 Å². The van der Waals surface area contributed by atoms with Gasteiger partial charge in [-0.2, -0.15) is 0 Å². The van der Waals surface area contributed by atoms with Crippen LogP contribution in [0.3, 0.4) is 0 Å². The van der Waals surface area contributed by atoms with Gasteiger partial charge >= 0.3 is 0 Å². The van der Waals surface area contributed by atoms with Crippen molar-refractivity contribution < 1.29 is 4.39 Å². The third kappa shape index (κ3) is 2.47. The Kier molecular flexibility index (Phi) is 3.66. The van der Waals surface area contributed by atoms with Gasteiger partial charge < -0.3 is 10.2 Å². The molecule has 0 saturated carbocycles. The lowest BCUT2D eigenvalue weighted by molar-refractivity contribution is 0.572. The fourth-order valence-electron chi connectivity index (χ4n) is 2.17. The van der Waals surface area contributed by atoms with Crippen molar-refractivity contribution in [2.45, 2.75) is 19.4 Å². The normalized spacial score (nSPS) is 20.4. The first-order chi connectivity index (χ1) is 7.70. The van der Waals surface area contributed by atoms with Crippen LogP contribution in [0.25, 0.3) is 0 Å². The Hall–Kier alpha value is -0.800. The number of nitrogens with one attached hydrogen (secondary N) is 1. The average Bonchev–Trinajstić information content (AvgIpc) is 2.67. The van der Waals surface area contributed by atoms with E-state index in [-0.39, 0.29) is 5.82 Å². The van der Waals surface area contributed by atoms with Gasteiger partial charge in [0.2, 0.25) is 0 Å². The highest BCUT2D eigenvalue weighted by molar-refractivity contribution is 6.33. The summed E-state index contributed by atoms with van der Waals surface area (Å²) >= 11 is 6.03. The largest absolute Gasteiger partial charge is 0.369 e. The minimum absolute atomic E-state index is 0.281. The van der Waals surface area contributed by atoms with Gasteiger partial charge in [0.25, 0.3) is 0 Å². The van der Waals surface area contributed by atoms with Gasteiger partial charge in [-0.1, -0.05) is 18.5 Å². The molecule has 0 radical (unpaired) electrons. The fraction of sp³-hybridized carbons (Fsp3) is 0.500. The zero-order valence-electron chi connectivity index (χ0n) is 9.34. The molecule has 1 N–H and O–H groups in total. The minimum atomic E-state index is -0.281. The maximum absolute atomic E-state index is 12.9. The highest BCUT2D eigenvalue weighted by Gasteiger charge is 2.23. The van der Waals surface area contributed by atoms with Crippen LogP contribution < -0.4 is 10.2 Å². The van der Waals surface area contributed by atoms with Crippen LogP contribution in [0.5, 0.6) is 0 Å². The molecule has 2 nitrogen and oxygen atoms in total. The second-order valence-corrected chi connectivity index (χ2v) is 4.49. The van der Waals surface area contributed by atoms with Crippen molar-refractivity contribution in [3.05, 3.63) is 29.0 Å². The van der Waals surface area contributed by atoms with Gasteiger partial charge in [0.1, 0.15) is 5.82 Å². The van der Waals surface area contributed by atoms with E-state index < -0.39 is 0 Å². The summed E-state index contributed by atoms with van der Waals surface area (Å²) in [5.74, 6) is -0.281. The summed E-state index contributed by atoms with van der Waals surface area (Å²) in [5, 5.41) is 3.91. The fourth-order valence-corrected chi connectivity index (χ4v) is 2.46. The Morgan fingerprint density at radius 1 is 1.56 bits per heavy atom. The standard InChI is InChI=1S/C12H16ClFN2/c1-2-15-10-5-6-16(8-10)12-4-3-9(14)7-11(12)13/h3-4,7,10,15H,2,5-6,8H2,1H3. The zero-order chi connectivity index (χ0) is 11.5. The van der Waals surface area contributed by atoms with Crippen LogP contribution in [0.15, 0.2) is 18.2 Å². The first kappa shape index (κ1) is 11.7. The monoisotopic (exact) mass is 242 g/mol. The summed E-state index contributed by atoms with van der Waals surface area (Å²) < 4.78 is 12.9. The number of halogens is 2. The molecule has 1 unspecified atom stereocenters. The second-order valence-electron chi connectivity index (χ2n) is 4.09. The van der Waals surface area contributed by atoms with E-state index in [4.69, 9.17) is 11.6 Å². The summed E-state index contributed by atoms with van der Waals surface area (Å²) in [6.07, 6.45) is 1.11. The number of hydrogen-bond acceptors (Lipinski definition) is 2. The van der Waals surface area contributed by atoms with Crippen molar-refractivity contribution >= 4 is 17.3 Å². The Balaban J connectivity index is 2.08. The van der Waals surface area contributed by atoms with E-state index in [1.807, 2.05) is 0 Å². The number of rotatable bonds is 3. The number of likely N-dealkylation sites (N-methyl/N-ethyl adjacent to an activating group) is 1. The van der Waals surface area contributed by atoms with Crippen molar-refractivity contribution in [3.63, 3.8) is 0 Å². The molecule has 2 rings (SSSR count). The molecule has 0 bridgehead atoms. The summed E-state index contributed by atoms with van der Waals surface area (Å²) in [6, 6.07) is 5.11. The van der Waals surface area contributed by atoms with Crippen LogP contribution in [0.2, 0.25) is 5.02 Å². The molecule has 1 heterocycles. The van der Waals surface area contributed by atoms with Gasteiger partial charge in [0.15, 0.2) is 0 Å². The molecular weight excluding hydrogens is 227 g/mol. The molecule has 0 amide bonds. The lowest BCUT2D eigenvalue weighted by Crippen LogP contribution is -2.32. The maximum Gasteiger partial charge on any atom is 0.124 e. The maximum atomic E-state index is 12.9. The van der Waals surface area contributed by atoms with E-state index >= 15 is 0 Å². The molecule has 1 saturated heterocycles. The first-order valence-corrected chi connectivity index (χ1v) is 6.02. The van der Waals surface area contributed by atoms with E-state index in [2.05, 4.69) is 17.1 Å². The van der Waals surface area contributed by atoms with Crippen molar-refractivity contribution in [1.29, 1.82) is 0 Å². The van der Waals surface area contributed by atoms with Crippen LogP contribution in [0.4, 0.5) is 10.1 Å². The summed E-state index contributed by atoms with van der Waals surface area (Å²) in [7, 11) is 0. The van der Waals surface area contributed by atoms with Crippen LogP contribution in [0, 0.1) is 5.82 Å². The minimum Gasteiger partial charge on any atom is -0.369 e. The highest BCUT2D eigenvalue weighted by atomic mass is 35.5. The molecule has 1 aromatic carbocycles. The Bertz CT molecular complexity index is 370. The molecule has 88 valence electrons. The van der Waals surface area contributed by atoms with Crippen LogP contribution in [-0.4, -0.2) is 25.7 Å². The van der Waals surface area contributed by atoms with Gasteiger partial charge in [-0.05, 0) is 31.2 Å². The molecule has 0 spiro atoms. The van der Waals surface area contributed by atoms with Crippen molar-refractivity contribution in [2.24, 2.45) is 0 Å². The van der Waals surface area contributed by atoms with Gasteiger partial charge in [0.05, 0.1) is 10.7 Å². The van der Waals surface area contributed by atoms with Gasteiger partial charge in [-0.3, -0.25) is 0 Å². The third-order valence-electron chi connectivity index (χ3n) is 2.93. The predicted molar refractivity (Wildman–Crippen MR) is 65.7 cm³/mol. The SMILES string of the molecule is CCNC1CCN(c2ccc(F)cc2Cl)C1. The molecule has 1 aliphatic rings. The molecule has 16 heavy (non-hydrogen) atoms. The average molecular weight is 243 g/mol. The van der Waals surface area contributed by atoms with Crippen molar-refractivity contribution in [3.8, 4) is 0 Å². The molecule has 1 atom stereocenters. The molecule has 1 aliphatic heterocycles. The second kappa shape index (κ2) is 5.02. The highest BCUT2D eigenvalue weighted by Crippen LogP contribution is 2.29. The molecule has 0 aromatic heterocycles. The summed E-state index contributed by atoms with van der Waals surface area (Å²) in [6.45, 7) is 5.01. The lowest BCUT2D eigenvalue weighted by atomic mass is 10.2. The van der Waals surface area contributed by atoms with E-state index in [1.54, 1.807) is 6.07 Å². The Morgan fingerprint density at radius 2 is 2.38 bits per heavy atom. The van der Waals surface area contributed by atoms with E-state index in [1.165, 1.54) is 12.1 Å². The molecule has 1 fully saturated rings. The van der Waals surface area contributed by atoms with Crippen molar-refractivity contribution in [1.82, 2.24) is 5.32 Å². The zero-order valence-corrected chi connectivity index (χ0v) is 10.1. The molecule has 1 aromatic rings. The van der Waals surface area contributed by atoms with Gasteiger partial charge in [-0.25, -0.2) is 4.39 Å². The number of hydrogen-bond donors (Lipinski definition) is 1. The van der Waals surface area contributed by atoms with E-state index in [9.17, 15) is 4.39 Å². The number of anilines is 1. The molecule has 0 aliphatic carbocycles. The van der Waals surface area contributed by atoms with Gasteiger partial charge in [-0.15, -0.1) is 0 Å². The smallest absolute Gasteiger partial charge is 0.124 e. The van der Waals surface area contributed by atoms with E-state index in [0.717, 1.165) is 31.7 Å². The quantitative estimate of drug-likeness (QED) is 0.877. The molecule has 4 heteroatoms. The number of benzene rings is 1. The van der Waals surface area contributed by atoms with E-state index in [0.29, 0.717) is 11.1 Å². The van der Waals surface area contributed by atoms with Gasteiger partial charge in [0, 0.05) is 19.1 Å². The Labute approximate surface area is 100 Å². The third-order valence-corrected chi connectivity index (χ3v) is 3.23. The van der Waals surface area contributed by atoms with Crippen molar-refractivity contribution in [2.75, 3.05) is 24.5 Å². The predicted octanol–water partition coefficient (Wildman–Crippen LogP) is 2.67. The van der Waals surface area contributed by atoms with Crippen LogP contribution in [-0.2, 0) is 0 Å².